The average Bonchev–Trinajstić information content (AvgIpc) is 2.66. The van der Waals surface area contributed by atoms with Gasteiger partial charge in [0.05, 0.1) is 12.7 Å². The Morgan fingerprint density at radius 1 is 0.963 bits per heavy atom. The Labute approximate surface area is 158 Å². The SMILES string of the molecule is COc1c(C)cc(C)cc1C(=O)N1CCN(C(=O)c2cccc(F)c2)CC1. The summed E-state index contributed by atoms with van der Waals surface area (Å²) >= 11 is 0. The molecule has 0 spiro atoms. The van der Waals surface area contributed by atoms with Crippen molar-refractivity contribution in [2.45, 2.75) is 13.8 Å². The van der Waals surface area contributed by atoms with Crippen LogP contribution in [-0.2, 0) is 0 Å². The minimum absolute atomic E-state index is 0.100. The van der Waals surface area contributed by atoms with E-state index < -0.39 is 5.82 Å². The first-order valence-corrected chi connectivity index (χ1v) is 8.90. The largest absolute Gasteiger partial charge is 0.496 e. The second-order valence-corrected chi connectivity index (χ2v) is 6.76. The maximum atomic E-state index is 13.4. The Morgan fingerprint density at radius 2 is 1.59 bits per heavy atom. The van der Waals surface area contributed by atoms with Crippen molar-refractivity contribution >= 4 is 11.8 Å². The van der Waals surface area contributed by atoms with Crippen LogP contribution >= 0.6 is 0 Å². The molecule has 5 nitrogen and oxygen atoms in total. The molecule has 2 aromatic carbocycles. The van der Waals surface area contributed by atoms with E-state index in [1.165, 1.54) is 18.2 Å². The molecule has 1 aliphatic rings. The summed E-state index contributed by atoms with van der Waals surface area (Å²) < 4.78 is 18.8. The summed E-state index contributed by atoms with van der Waals surface area (Å²) in [7, 11) is 1.56. The van der Waals surface area contributed by atoms with Crippen molar-refractivity contribution in [2.75, 3.05) is 33.3 Å². The number of piperazine rings is 1. The summed E-state index contributed by atoms with van der Waals surface area (Å²) in [6, 6.07) is 9.48. The molecule has 0 saturated carbocycles. The summed E-state index contributed by atoms with van der Waals surface area (Å²) in [5, 5.41) is 0. The van der Waals surface area contributed by atoms with Crippen LogP contribution in [0.4, 0.5) is 4.39 Å². The normalized spacial score (nSPS) is 14.2. The van der Waals surface area contributed by atoms with E-state index in [-0.39, 0.29) is 11.8 Å². The zero-order valence-electron chi connectivity index (χ0n) is 15.8. The van der Waals surface area contributed by atoms with E-state index in [4.69, 9.17) is 4.74 Å². The molecule has 27 heavy (non-hydrogen) atoms. The minimum Gasteiger partial charge on any atom is -0.496 e. The number of benzene rings is 2. The van der Waals surface area contributed by atoms with E-state index in [9.17, 15) is 14.0 Å². The van der Waals surface area contributed by atoms with Gasteiger partial charge in [0.1, 0.15) is 11.6 Å². The molecule has 0 N–H and O–H groups in total. The van der Waals surface area contributed by atoms with Crippen LogP contribution in [0.3, 0.4) is 0 Å². The second-order valence-electron chi connectivity index (χ2n) is 6.76. The molecular weight excluding hydrogens is 347 g/mol. The summed E-state index contributed by atoms with van der Waals surface area (Å²) in [5.74, 6) is -0.164. The molecule has 0 radical (unpaired) electrons. The van der Waals surface area contributed by atoms with Gasteiger partial charge in [-0.25, -0.2) is 4.39 Å². The van der Waals surface area contributed by atoms with Gasteiger partial charge in [-0.05, 0) is 49.2 Å². The first-order valence-electron chi connectivity index (χ1n) is 8.90. The highest BCUT2D eigenvalue weighted by molar-refractivity contribution is 5.98. The monoisotopic (exact) mass is 370 g/mol. The zero-order chi connectivity index (χ0) is 19.6. The zero-order valence-corrected chi connectivity index (χ0v) is 15.8. The lowest BCUT2D eigenvalue weighted by Crippen LogP contribution is -2.50. The Balaban J connectivity index is 1.71. The van der Waals surface area contributed by atoms with Gasteiger partial charge in [-0.15, -0.1) is 0 Å². The van der Waals surface area contributed by atoms with Crippen molar-refractivity contribution in [3.05, 3.63) is 64.5 Å². The summed E-state index contributed by atoms with van der Waals surface area (Å²) in [6.45, 7) is 5.53. The van der Waals surface area contributed by atoms with Crippen LogP contribution in [0.2, 0.25) is 0 Å². The molecule has 2 amide bonds. The third-order valence-corrected chi connectivity index (χ3v) is 4.78. The van der Waals surface area contributed by atoms with Gasteiger partial charge in [0.25, 0.3) is 11.8 Å². The van der Waals surface area contributed by atoms with Gasteiger partial charge < -0.3 is 14.5 Å². The highest BCUT2D eigenvalue weighted by atomic mass is 19.1. The van der Waals surface area contributed by atoms with Crippen LogP contribution in [0.1, 0.15) is 31.8 Å². The maximum Gasteiger partial charge on any atom is 0.257 e. The van der Waals surface area contributed by atoms with Gasteiger partial charge in [0.15, 0.2) is 0 Å². The van der Waals surface area contributed by atoms with Gasteiger partial charge in [-0.2, -0.15) is 0 Å². The molecule has 1 aliphatic heterocycles. The average molecular weight is 370 g/mol. The molecule has 0 atom stereocenters. The quantitative estimate of drug-likeness (QED) is 0.834. The molecule has 1 fully saturated rings. The number of ether oxygens (including phenoxy) is 1. The molecule has 6 heteroatoms. The van der Waals surface area contributed by atoms with Crippen molar-refractivity contribution in [2.24, 2.45) is 0 Å². The molecule has 142 valence electrons. The molecule has 1 saturated heterocycles. The lowest BCUT2D eigenvalue weighted by Gasteiger charge is -2.35. The van der Waals surface area contributed by atoms with Crippen molar-refractivity contribution in [1.29, 1.82) is 0 Å². The Hall–Kier alpha value is -2.89. The summed E-state index contributed by atoms with van der Waals surface area (Å²) in [6.07, 6.45) is 0. The van der Waals surface area contributed by atoms with Gasteiger partial charge in [0, 0.05) is 31.7 Å². The third-order valence-electron chi connectivity index (χ3n) is 4.78. The molecule has 0 bridgehead atoms. The van der Waals surface area contributed by atoms with Crippen LogP contribution in [-0.4, -0.2) is 54.9 Å². The molecule has 1 heterocycles. The van der Waals surface area contributed by atoms with Crippen molar-refractivity contribution in [3.63, 3.8) is 0 Å². The number of hydrogen-bond acceptors (Lipinski definition) is 3. The van der Waals surface area contributed by atoms with Crippen LogP contribution in [0.25, 0.3) is 0 Å². The standard InChI is InChI=1S/C21H23FN2O3/c1-14-11-15(2)19(27-3)18(12-14)21(26)24-9-7-23(8-10-24)20(25)16-5-4-6-17(22)13-16/h4-6,11-13H,7-10H2,1-3H3. The molecule has 0 aromatic heterocycles. The van der Waals surface area contributed by atoms with Crippen molar-refractivity contribution in [3.8, 4) is 5.75 Å². The fraction of sp³-hybridized carbons (Fsp3) is 0.333. The molecule has 0 aliphatic carbocycles. The highest BCUT2D eigenvalue weighted by Crippen LogP contribution is 2.26. The van der Waals surface area contributed by atoms with E-state index in [1.54, 1.807) is 23.0 Å². The number of aryl methyl sites for hydroxylation is 2. The maximum absolute atomic E-state index is 13.4. The number of halogens is 1. The predicted octanol–water partition coefficient (Wildman–Crippen LogP) is 3.05. The highest BCUT2D eigenvalue weighted by Gasteiger charge is 2.27. The fourth-order valence-corrected chi connectivity index (χ4v) is 3.47. The predicted molar refractivity (Wildman–Crippen MR) is 101 cm³/mol. The topological polar surface area (TPSA) is 49.9 Å². The lowest BCUT2D eigenvalue weighted by molar-refractivity contribution is 0.0533. The smallest absolute Gasteiger partial charge is 0.257 e. The van der Waals surface area contributed by atoms with Crippen LogP contribution in [0, 0.1) is 19.7 Å². The van der Waals surface area contributed by atoms with Gasteiger partial charge in [-0.3, -0.25) is 9.59 Å². The first kappa shape index (κ1) is 18.9. The molecule has 0 unspecified atom stereocenters. The first-order chi connectivity index (χ1) is 12.9. The lowest BCUT2D eigenvalue weighted by atomic mass is 10.0. The van der Waals surface area contributed by atoms with E-state index in [1.807, 2.05) is 26.0 Å². The van der Waals surface area contributed by atoms with Crippen LogP contribution < -0.4 is 4.74 Å². The molecular formula is C21H23FN2O3. The Bertz CT molecular complexity index is 874. The minimum atomic E-state index is -0.434. The van der Waals surface area contributed by atoms with Gasteiger partial charge >= 0.3 is 0 Å². The van der Waals surface area contributed by atoms with Crippen molar-refractivity contribution in [1.82, 2.24) is 9.80 Å². The van der Waals surface area contributed by atoms with Gasteiger partial charge in [0.2, 0.25) is 0 Å². The summed E-state index contributed by atoms with van der Waals surface area (Å²) in [5.41, 5.74) is 2.78. The number of carbonyl (C=O) groups excluding carboxylic acids is 2. The van der Waals surface area contributed by atoms with Crippen LogP contribution in [0.15, 0.2) is 36.4 Å². The second kappa shape index (κ2) is 7.78. The number of carbonyl (C=O) groups is 2. The number of rotatable bonds is 3. The van der Waals surface area contributed by atoms with E-state index in [2.05, 4.69) is 0 Å². The third kappa shape index (κ3) is 3.94. The Kier molecular flexibility index (Phi) is 5.44. The van der Waals surface area contributed by atoms with Gasteiger partial charge in [-0.1, -0.05) is 12.1 Å². The molecule has 2 aromatic rings. The number of nitrogens with zero attached hydrogens (tertiary/aromatic N) is 2. The van der Waals surface area contributed by atoms with E-state index >= 15 is 0 Å². The molecule has 3 rings (SSSR count). The van der Waals surface area contributed by atoms with E-state index in [0.717, 1.165) is 11.1 Å². The number of amides is 2. The van der Waals surface area contributed by atoms with Crippen LogP contribution in [0.5, 0.6) is 5.75 Å². The number of methoxy groups -OCH3 is 1. The Morgan fingerprint density at radius 3 is 2.19 bits per heavy atom. The fourth-order valence-electron chi connectivity index (χ4n) is 3.47. The summed E-state index contributed by atoms with van der Waals surface area (Å²) in [4.78, 5) is 28.9. The van der Waals surface area contributed by atoms with Crippen molar-refractivity contribution < 1.29 is 18.7 Å². The number of hydrogen-bond donors (Lipinski definition) is 0. The van der Waals surface area contributed by atoms with E-state index in [0.29, 0.717) is 43.1 Å².